The fraction of sp³-hybridized carbons (Fsp3) is 0.833. The van der Waals surface area contributed by atoms with Gasteiger partial charge < -0.3 is 10.4 Å². The van der Waals surface area contributed by atoms with Crippen LogP contribution in [0.25, 0.3) is 0 Å². The fourth-order valence-corrected chi connectivity index (χ4v) is 2.24. The van der Waals surface area contributed by atoms with E-state index in [2.05, 4.69) is 12.2 Å². The van der Waals surface area contributed by atoms with Gasteiger partial charge in [-0.3, -0.25) is 9.59 Å². The molecule has 0 aromatic heterocycles. The third-order valence-corrected chi connectivity index (χ3v) is 3.90. The van der Waals surface area contributed by atoms with Gasteiger partial charge in [0, 0.05) is 11.8 Å². The Balaban J connectivity index is 3.93. The molecular weight excluding hydrogens is 238 g/mol. The Hall–Kier alpha value is -0.710. The number of amides is 1. The number of carboxylic acid groups (broad SMARTS) is 1. The number of carbonyl (C=O) groups excluding carboxylic acids is 1. The van der Waals surface area contributed by atoms with Gasteiger partial charge in [0.2, 0.25) is 5.91 Å². The SMILES string of the molecule is CCCC(C)NC(=O)C(C)SCC(C)C(=O)O. The van der Waals surface area contributed by atoms with E-state index in [1.807, 2.05) is 13.8 Å². The van der Waals surface area contributed by atoms with Crippen molar-refractivity contribution in [2.75, 3.05) is 5.75 Å². The molecule has 0 bridgehead atoms. The molecular formula is C12H23NO3S. The van der Waals surface area contributed by atoms with E-state index in [1.165, 1.54) is 11.8 Å². The van der Waals surface area contributed by atoms with Crippen molar-refractivity contribution in [3.05, 3.63) is 0 Å². The smallest absolute Gasteiger partial charge is 0.307 e. The molecule has 4 nitrogen and oxygen atoms in total. The number of carboxylic acids is 1. The summed E-state index contributed by atoms with van der Waals surface area (Å²) in [6, 6.07) is 0.187. The van der Waals surface area contributed by atoms with Crippen LogP contribution in [-0.2, 0) is 9.59 Å². The third-order valence-electron chi connectivity index (χ3n) is 2.50. The maximum atomic E-state index is 11.7. The van der Waals surface area contributed by atoms with Crippen LogP contribution >= 0.6 is 11.8 Å². The van der Waals surface area contributed by atoms with Crippen molar-refractivity contribution in [3.63, 3.8) is 0 Å². The highest BCUT2D eigenvalue weighted by atomic mass is 32.2. The molecule has 1 amide bonds. The Kier molecular flexibility index (Phi) is 8.04. The van der Waals surface area contributed by atoms with Crippen molar-refractivity contribution in [1.82, 2.24) is 5.32 Å². The van der Waals surface area contributed by atoms with Crippen LogP contribution < -0.4 is 5.32 Å². The maximum absolute atomic E-state index is 11.7. The predicted octanol–water partition coefficient (Wildman–Crippen LogP) is 2.13. The Morgan fingerprint density at radius 2 is 1.88 bits per heavy atom. The standard InChI is InChI=1S/C12H23NO3S/c1-5-6-9(3)13-11(14)10(4)17-7-8(2)12(15)16/h8-10H,5-7H2,1-4H3,(H,13,14)(H,15,16). The Morgan fingerprint density at radius 3 is 2.35 bits per heavy atom. The first-order chi connectivity index (χ1) is 7.88. The van der Waals surface area contributed by atoms with E-state index in [0.29, 0.717) is 5.75 Å². The number of nitrogens with one attached hydrogen (secondary N) is 1. The fourth-order valence-electron chi connectivity index (χ4n) is 1.30. The van der Waals surface area contributed by atoms with Crippen molar-refractivity contribution in [1.29, 1.82) is 0 Å². The van der Waals surface area contributed by atoms with Gasteiger partial charge >= 0.3 is 5.97 Å². The summed E-state index contributed by atoms with van der Waals surface area (Å²) < 4.78 is 0. The van der Waals surface area contributed by atoms with Crippen molar-refractivity contribution in [2.24, 2.45) is 5.92 Å². The second-order valence-electron chi connectivity index (χ2n) is 4.41. The Morgan fingerprint density at radius 1 is 1.29 bits per heavy atom. The first kappa shape index (κ1) is 16.3. The predicted molar refractivity (Wildman–Crippen MR) is 71.2 cm³/mol. The molecule has 2 N–H and O–H groups in total. The number of hydrogen-bond donors (Lipinski definition) is 2. The zero-order valence-electron chi connectivity index (χ0n) is 11.0. The van der Waals surface area contributed by atoms with Crippen LogP contribution in [0.3, 0.4) is 0 Å². The lowest BCUT2D eigenvalue weighted by Crippen LogP contribution is -2.37. The summed E-state index contributed by atoms with van der Waals surface area (Å²) in [5, 5.41) is 11.5. The van der Waals surface area contributed by atoms with Gasteiger partial charge in [-0.25, -0.2) is 0 Å². The van der Waals surface area contributed by atoms with Crippen LogP contribution in [-0.4, -0.2) is 34.0 Å². The molecule has 0 spiro atoms. The molecule has 0 aromatic rings. The van der Waals surface area contributed by atoms with Gasteiger partial charge in [0.25, 0.3) is 0 Å². The zero-order chi connectivity index (χ0) is 13.4. The number of hydrogen-bond acceptors (Lipinski definition) is 3. The van der Waals surface area contributed by atoms with Crippen LogP contribution in [0, 0.1) is 5.92 Å². The number of thioether (sulfide) groups is 1. The monoisotopic (exact) mass is 261 g/mol. The van der Waals surface area contributed by atoms with Crippen LogP contribution in [0.4, 0.5) is 0 Å². The van der Waals surface area contributed by atoms with E-state index < -0.39 is 11.9 Å². The number of carbonyl (C=O) groups is 2. The van der Waals surface area contributed by atoms with Gasteiger partial charge in [0.05, 0.1) is 11.2 Å². The summed E-state index contributed by atoms with van der Waals surface area (Å²) in [6.07, 6.45) is 2.01. The summed E-state index contributed by atoms with van der Waals surface area (Å²) in [6.45, 7) is 7.53. The molecule has 0 aliphatic heterocycles. The number of rotatable bonds is 8. The summed E-state index contributed by atoms with van der Waals surface area (Å²) in [5.41, 5.74) is 0. The average molecular weight is 261 g/mol. The summed E-state index contributed by atoms with van der Waals surface area (Å²) >= 11 is 1.39. The third kappa shape index (κ3) is 7.26. The molecule has 0 aliphatic carbocycles. The van der Waals surface area contributed by atoms with Gasteiger partial charge in [-0.05, 0) is 20.3 Å². The Bertz CT molecular complexity index is 258. The first-order valence-corrected chi connectivity index (χ1v) is 7.08. The minimum absolute atomic E-state index is 0.00598. The molecule has 0 heterocycles. The quantitative estimate of drug-likeness (QED) is 0.702. The molecule has 17 heavy (non-hydrogen) atoms. The summed E-state index contributed by atoms with van der Waals surface area (Å²) in [7, 11) is 0. The molecule has 0 rings (SSSR count). The Labute approximate surface area is 108 Å². The molecule has 0 fully saturated rings. The zero-order valence-corrected chi connectivity index (χ0v) is 11.8. The average Bonchev–Trinajstić information content (AvgIpc) is 2.25. The molecule has 5 heteroatoms. The molecule has 3 atom stereocenters. The topological polar surface area (TPSA) is 66.4 Å². The second-order valence-corrected chi connectivity index (χ2v) is 5.79. The van der Waals surface area contributed by atoms with Gasteiger partial charge in [-0.1, -0.05) is 20.3 Å². The molecule has 0 aromatic carbocycles. The van der Waals surface area contributed by atoms with E-state index in [9.17, 15) is 9.59 Å². The first-order valence-electron chi connectivity index (χ1n) is 6.03. The van der Waals surface area contributed by atoms with Crippen molar-refractivity contribution in [2.45, 2.75) is 51.8 Å². The molecule has 0 aliphatic rings. The van der Waals surface area contributed by atoms with Crippen LogP contribution in [0.5, 0.6) is 0 Å². The van der Waals surface area contributed by atoms with Crippen LogP contribution in [0.1, 0.15) is 40.5 Å². The lowest BCUT2D eigenvalue weighted by atomic mass is 10.2. The van der Waals surface area contributed by atoms with E-state index in [4.69, 9.17) is 5.11 Å². The minimum atomic E-state index is -0.815. The minimum Gasteiger partial charge on any atom is -0.481 e. The highest BCUT2D eigenvalue weighted by Gasteiger charge is 2.18. The van der Waals surface area contributed by atoms with Crippen LogP contribution in [0.2, 0.25) is 0 Å². The highest BCUT2D eigenvalue weighted by molar-refractivity contribution is 8.00. The van der Waals surface area contributed by atoms with Gasteiger partial charge in [-0.15, -0.1) is 11.8 Å². The lowest BCUT2D eigenvalue weighted by Gasteiger charge is -2.17. The van der Waals surface area contributed by atoms with E-state index in [-0.39, 0.29) is 17.2 Å². The molecule has 100 valence electrons. The highest BCUT2D eigenvalue weighted by Crippen LogP contribution is 2.15. The largest absolute Gasteiger partial charge is 0.481 e. The lowest BCUT2D eigenvalue weighted by molar-refractivity contribution is -0.140. The molecule has 3 unspecified atom stereocenters. The van der Waals surface area contributed by atoms with Gasteiger partial charge in [0.1, 0.15) is 0 Å². The normalized spacial score (nSPS) is 16.0. The van der Waals surface area contributed by atoms with E-state index in [1.54, 1.807) is 6.92 Å². The van der Waals surface area contributed by atoms with Crippen molar-refractivity contribution < 1.29 is 14.7 Å². The second kappa shape index (κ2) is 8.39. The van der Waals surface area contributed by atoms with Crippen LogP contribution in [0.15, 0.2) is 0 Å². The molecule has 0 saturated carbocycles. The van der Waals surface area contributed by atoms with E-state index >= 15 is 0 Å². The maximum Gasteiger partial charge on any atom is 0.307 e. The number of aliphatic carboxylic acids is 1. The van der Waals surface area contributed by atoms with E-state index in [0.717, 1.165) is 12.8 Å². The van der Waals surface area contributed by atoms with Crippen molar-refractivity contribution >= 4 is 23.6 Å². The molecule has 0 radical (unpaired) electrons. The molecule has 0 saturated heterocycles. The van der Waals surface area contributed by atoms with Crippen molar-refractivity contribution in [3.8, 4) is 0 Å². The van der Waals surface area contributed by atoms with Gasteiger partial charge in [0.15, 0.2) is 0 Å². The summed E-state index contributed by atoms with van der Waals surface area (Å²) in [5.74, 6) is -0.771. The van der Waals surface area contributed by atoms with Gasteiger partial charge in [-0.2, -0.15) is 0 Å². The summed E-state index contributed by atoms with van der Waals surface area (Å²) in [4.78, 5) is 22.4.